The fraction of sp³-hybridized carbons (Fsp3) is 0.176. The molecule has 1 amide bonds. The molecule has 2 rings (SSSR count). The normalized spacial score (nSPS) is 10.3. The summed E-state index contributed by atoms with van der Waals surface area (Å²) in [6.07, 6.45) is 0. The molecular weight excluding hydrogens is 321 g/mol. The monoisotopic (exact) mass is 335 g/mol. The van der Waals surface area contributed by atoms with Crippen molar-refractivity contribution in [2.24, 2.45) is 0 Å². The molecule has 0 heterocycles. The highest BCUT2D eigenvalue weighted by molar-refractivity contribution is 6.33. The van der Waals surface area contributed by atoms with Crippen molar-refractivity contribution in [3.8, 4) is 0 Å². The Labute approximate surface area is 138 Å². The number of rotatable bonds is 4. The van der Waals surface area contributed by atoms with Crippen LogP contribution in [0.3, 0.4) is 0 Å². The summed E-state index contributed by atoms with van der Waals surface area (Å²) in [5, 5.41) is 2.58. The predicted molar refractivity (Wildman–Crippen MR) is 86.2 cm³/mol. The second-order valence-corrected chi connectivity index (χ2v) is 5.53. The van der Waals surface area contributed by atoms with E-state index in [2.05, 4.69) is 5.32 Å². The number of hydrogen-bond donors (Lipinski definition) is 1. The molecule has 0 aromatic heterocycles. The van der Waals surface area contributed by atoms with Crippen molar-refractivity contribution in [3.63, 3.8) is 0 Å². The third-order valence-corrected chi connectivity index (χ3v) is 3.30. The summed E-state index contributed by atoms with van der Waals surface area (Å²) < 4.78 is 17.8. The molecule has 0 aliphatic carbocycles. The number of amides is 1. The maximum Gasteiger partial charge on any atom is 0.340 e. The molecule has 0 aliphatic heterocycles. The van der Waals surface area contributed by atoms with Gasteiger partial charge in [-0.1, -0.05) is 17.7 Å². The van der Waals surface area contributed by atoms with Gasteiger partial charge in [0.1, 0.15) is 5.82 Å². The lowest BCUT2D eigenvalue weighted by molar-refractivity contribution is -0.119. The van der Waals surface area contributed by atoms with Gasteiger partial charge in [-0.25, -0.2) is 9.18 Å². The number of carbonyl (C=O) groups is 2. The first-order chi connectivity index (χ1) is 10.8. The van der Waals surface area contributed by atoms with Gasteiger partial charge in [-0.3, -0.25) is 4.79 Å². The van der Waals surface area contributed by atoms with Gasteiger partial charge in [0.15, 0.2) is 6.61 Å². The molecule has 4 nitrogen and oxygen atoms in total. The van der Waals surface area contributed by atoms with Gasteiger partial charge < -0.3 is 10.1 Å². The molecule has 2 aromatic carbocycles. The van der Waals surface area contributed by atoms with Gasteiger partial charge in [0.2, 0.25) is 0 Å². The Balaban J connectivity index is 1.94. The van der Waals surface area contributed by atoms with Crippen LogP contribution in [0.4, 0.5) is 10.1 Å². The molecule has 0 fully saturated rings. The Morgan fingerprint density at radius 1 is 1.13 bits per heavy atom. The highest BCUT2D eigenvalue weighted by Gasteiger charge is 2.14. The minimum absolute atomic E-state index is 0.00673. The molecule has 0 spiro atoms. The molecule has 1 N–H and O–H groups in total. The van der Waals surface area contributed by atoms with Crippen molar-refractivity contribution in [2.75, 3.05) is 11.9 Å². The summed E-state index contributed by atoms with van der Waals surface area (Å²) in [5.74, 6) is -1.81. The van der Waals surface area contributed by atoms with E-state index in [1.165, 1.54) is 6.07 Å². The van der Waals surface area contributed by atoms with E-state index in [-0.39, 0.29) is 10.6 Å². The quantitative estimate of drug-likeness (QED) is 0.862. The lowest BCUT2D eigenvalue weighted by Gasteiger charge is -2.09. The van der Waals surface area contributed by atoms with Gasteiger partial charge in [-0.2, -0.15) is 0 Å². The number of hydrogen-bond acceptors (Lipinski definition) is 3. The maximum atomic E-state index is 12.9. The highest BCUT2D eigenvalue weighted by Crippen LogP contribution is 2.18. The van der Waals surface area contributed by atoms with Gasteiger partial charge >= 0.3 is 5.97 Å². The smallest absolute Gasteiger partial charge is 0.340 e. The number of ether oxygens (including phenoxy) is 1. The lowest BCUT2D eigenvalue weighted by Crippen LogP contribution is -2.21. The lowest BCUT2D eigenvalue weighted by atomic mass is 10.1. The summed E-state index contributed by atoms with van der Waals surface area (Å²) in [6.45, 7) is 3.37. The fourth-order valence-corrected chi connectivity index (χ4v) is 2.35. The third-order valence-electron chi connectivity index (χ3n) is 2.99. The van der Waals surface area contributed by atoms with Crippen LogP contribution in [0.2, 0.25) is 5.02 Å². The highest BCUT2D eigenvalue weighted by atomic mass is 35.5. The first-order valence-corrected chi connectivity index (χ1v) is 7.23. The predicted octanol–water partition coefficient (Wildman–Crippen LogP) is 3.89. The molecule has 0 atom stereocenters. The Bertz CT molecular complexity index is 741. The van der Waals surface area contributed by atoms with Crippen LogP contribution < -0.4 is 5.32 Å². The van der Waals surface area contributed by atoms with Crippen molar-refractivity contribution in [2.45, 2.75) is 13.8 Å². The van der Waals surface area contributed by atoms with Crippen molar-refractivity contribution < 1.29 is 18.7 Å². The van der Waals surface area contributed by atoms with Crippen LogP contribution >= 0.6 is 11.6 Å². The molecule has 0 unspecified atom stereocenters. The van der Waals surface area contributed by atoms with Crippen LogP contribution in [0.15, 0.2) is 36.4 Å². The molecule has 2 aromatic rings. The topological polar surface area (TPSA) is 55.4 Å². The van der Waals surface area contributed by atoms with Gasteiger partial charge in [0, 0.05) is 5.69 Å². The largest absolute Gasteiger partial charge is 0.452 e. The van der Waals surface area contributed by atoms with E-state index in [9.17, 15) is 14.0 Å². The van der Waals surface area contributed by atoms with E-state index >= 15 is 0 Å². The van der Waals surface area contributed by atoms with E-state index in [0.717, 1.165) is 23.3 Å². The minimum Gasteiger partial charge on any atom is -0.452 e. The zero-order valence-corrected chi connectivity index (χ0v) is 13.4. The third kappa shape index (κ3) is 4.79. The van der Waals surface area contributed by atoms with Crippen LogP contribution in [-0.4, -0.2) is 18.5 Å². The average Bonchev–Trinajstić information content (AvgIpc) is 2.43. The number of esters is 1. The van der Waals surface area contributed by atoms with E-state index in [0.29, 0.717) is 5.69 Å². The summed E-state index contributed by atoms with van der Waals surface area (Å²) in [6, 6.07) is 8.91. The van der Waals surface area contributed by atoms with E-state index < -0.39 is 24.3 Å². The van der Waals surface area contributed by atoms with Gasteiger partial charge in [-0.15, -0.1) is 0 Å². The number of aryl methyl sites for hydroxylation is 2. The van der Waals surface area contributed by atoms with Gasteiger partial charge in [0.05, 0.1) is 10.6 Å². The Kier molecular flexibility index (Phi) is 5.34. The number of nitrogens with one attached hydrogen (secondary N) is 1. The minimum atomic E-state index is -0.787. The van der Waals surface area contributed by atoms with E-state index in [1.807, 2.05) is 32.0 Å². The second kappa shape index (κ2) is 7.24. The van der Waals surface area contributed by atoms with Crippen LogP contribution in [0, 0.1) is 19.7 Å². The molecule has 120 valence electrons. The van der Waals surface area contributed by atoms with Gasteiger partial charge in [0.25, 0.3) is 5.91 Å². The summed E-state index contributed by atoms with van der Waals surface area (Å²) in [5.41, 5.74) is 2.65. The van der Waals surface area contributed by atoms with E-state index in [1.54, 1.807) is 0 Å². The molecule has 0 saturated heterocycles. The average molecular weight is 336 g/mol. The maximum absolute atomic E-state index is 12.9. The molecule has 23 heavy (non-hydrogen) atoms. The van der Waals surface area contributed by atoms with E-state index in [4.69, 9.17) is 16.3 Å². The van der Waals surface area contributed by atoms with Gasteiger partial charge in [-0.05, 0) is 55.3 Å². The zero-order chi connectivity index (χ0) is 17.0. The summed E-state index contributed by atoms with van der Waals surface area (Å²) >= 11 is 5.76. The first-order valence-electron chi connectivity index (χ1n) is 6.85. The Hall–Kier alpha value is -2.40. The molecule has 0 aliphatic rings. The van der Waals surface area contributed by atoms with Crippen molar-refractivity contribution in [1.29, 1.82) is 0 Å². The first kappa shape index (κ1) is 17.0. The summed E-state index contributed by atoms with van der Waals surface area (Å²) in [4.78, 5) is 23.7. The number of halogens is 2. The standard InChI is InChI=1S/C17H15ClFNO3/c1-10-5-11(2)7-13(6-10)20-16(21)9-23-17(22)14-4-3-12(19)8-15(14)18/h3-8H,9H2,1-2H3,(H,20,21). The van der Waals surface area contributed by atoms with Crippen LogP contribution in [0.25, 0.3) is 0 Å². The number of benzene rings is 2. The van der Waals surface area contributed by atoms with Crippen molar-refractivity contribution >= 4 is 29.2 Å². The van der Waals surface area contributed by atoms with Crippen molar-refractivity contribution in [3.05, 3.63) is 63.9 Å². The summed E-state index contributed by atoms with van der Waals surface area (Å²) in [7, 11) is 0. The number of carbonyl (C=O) groups excluding carboxylic acids is 2. The SMILES string of the molecule is Cc1cc(C)cc(NC(=O)COC(=O)c2ccc(F)cc2Cl)c1. The molecular formula is C17H15ClFNO3. The van der Waals surface area contributed by atoms with Crippen LogP contribution in [0.1, 0.15) is 21.5 Å². The Morgan fingerprint density at radius 2 is 1.78 bits per heavy atom. The molecule has 0 bridgehead atoms. The molecule has 0 saturated carbocycles. The van der Waals surface area contributed by atoms with Crippen LogP contribution in [-0.2, 0) is 9.53 Å². The zero-order valence-electron chi connectivity index (χ0n) is 12.7. The fourth-order valence-electron chi connectivity index (χ4n) is 2.11. The second-order valence-electron chi connectivity index (χ2n) is 5.12. The van der Waals surface area contributed by atoms with Crippen molar-refractivity contribution in [1.82, 2.24) is 0 Å². The Morgan fingerprint density at radius 3 is 2.39 bits per heavy atom. The molecule has 0 radical (unpaired) electrons. The van der Waals surface area contributed by atoms with Crippen LogP contribution in [0.5, 0.6) is 0 Å². The molecule has 6 heteroatoms. The number of anilines is 1.